The van der Waals surface area contributed by atoms with Crippen molar-refractivity contribution in [1.29, 1.82) is 0 Å². The summed E-state index contributed by atoms with van der Waals surface area (Å²) in [5, 5.41) is 2.55. The van der Waals surface area contributed by atoms with Gasteiger partial charge >= 0.3 is 0 Å². The molecule has 0 aliphatic rings. The predicted octanol–water partition coefficient (Wildman–Crippen LogP) is 4.34. The zero-order valence-corrected chi connectivity index (χ0v) is 12.5. The molecule has 0 unspecified atom stereocenters. The number of pyridine rings is 1. The molecular weight excluding hydrogens is 354 g/mol. The van der Waals surface area contributed by atoms with Gasteiger partial charge in [0.15, 0.2) is 5.15 Å². The van der Waals surface area contributed by atoms with E-state index in [4.69, 9.17) is 11.6 Å². The topological polar surface area (TPSA) is 42.0 Å². The Labute approximate surface area is 127 Å². The van der Waals surface area contributed by atoms with Crippen molar-refractivity contribution in [2.75, 3.05) is 5.32 Å². The lowest BCUT2D eigenvalue weighted by atomic mass is 10.2. The lowest BCUT2D eigenvalue weighted by Crippen LogP contribution is -2.15. The van der Waals surface area contributed by atoms with Gasteiger partial charge in [-0.2, -0.15) is 0 Å². The molecule has 0 aliphatic heterocycles. The van der Waals surface area contributed by atoms with Crippen LogP contribution in [0, 0.1) is 18.6 Å². The largest absolute Gasteiger partial charge is 0.319 e. The molecule has 1 aromatic heterocycles. The number of nitrogens with one attached hydrogen (secondary N) is 1. The van der Waals surface area contributed by atoms with E-state index in [0.717, 1.165) is 12.1 Å². The minimum Gasteiger partial charge on any atom is -0.319 e. The standard InChI is InChI=1S/C13H8BrClF2N2O/c1-6-9(14)5-18-12(15)11(6)19-13(20)8-3-2-7(16)4-10(8)17/h2-5H,1H3,(H,19,20). The average Bonchev–Trinajstić information content (AvgIpc) is 2.39. The van der Waals surface area contributed by atoms with Gasteiger partial charge in [-0.25, -0.2) is 13.8 Å². The zero-order chi connectivity index (χ0) is 14.9. The Morgan fingerprint density at radius 1 is 1.40 bits per heavy atom. The maximum absolute atomic E-state index is 13.5. The SMILES string of the molecule is Cc1c(Br)cnc(Cl)c1NC(=O)c1ccc(F)cc1F. The minimum absolute atomic E-state index is 0.0848. The van der Waals surface area contributed by atoms with E-state index >= 15 is 0 Å². The van der Waals surface area contributed by atoms with Crippen LogP contribution in [0.2, 0.25) is 5.15 Å². The van der Waals surface area contributed by atoms with Crippen LogP contribution in [0.25, 0.3) is 0 Å². The minimum atomic E-state index is -0.945. The average molecular weight is 362 g/mol. The second-order valence-electron chi connectivity index (χ2n) is 3.98. The second-order valence-corrected chi connectivity index (χ2v) is 5.19. The van der Waals surface area contributed by atoms with Crippen LogP contribution in [0.1, 0.15) is 15.9 Å². The van der Waals surface area contributed by atoms with Gasteiger partial charge in [-0.1, -0.05) is 11.6 Å². The lowest BCUT2D eigenvalue weighted by molar-refractivity contribution is 0.102. The summed E-state index contributed by atoms with van der Waals surface area (Å²) in [7, 11) is 0. The molecule has 2 rings (SSSR count). The third kappa shape index (κ3) is 2.96. The number of hydrogen-bond donors (Lipinski definition) is 1. The Balaban J connectivity index is 2.35. The van der Waals surface area contributed by atoms with Crippen molar-refractivity contribution in [3.63, 3.8) is 0 Å². The molecule has 0 fully saturated rings. The van der Waals surface area contributed by atoms with Crippen molar-refractivity contribution >= 4 is 39.1 Å². The predicted molar refractivity (Wildman–Crippen MR) is 76.0 cm³/mol. The van der Waals surface area contributed by atoms with Crippen LogP contribution in [0.5, 0.6) is 0 Å². The first kappa shape index (κ1) is 14.9. The normalized spacial score (nSPS) is 10.4. The van der Waals surface area contributed by atoms with E-state index in [9.17, 15) is 13.6 Å². The summed E-state index contributed by atoms with van der Waals surface area (Å²) >= 11 is 9.15. The van der Waals surface area contributed by atoms with E-state index in [1.807, 2.05) is 0 Å². The van der Waals surface area contributed by atoms with Gasteiger partial charge in [-0.3, -0.25) is 4.79 Å². The fourth-order valence-corrected chi connectivity index (χ4v) is 2.09. The van der Waals surface area contributed by atoms with Crippen LogP contribution in [-0.4, -0.2) is 10.9 Å². The summed E-state index contributed by atoms with van der Waals surface area (Å²) in [4.78, 5) is 15.9. The van der Waals surface area contributed by atoms with Gasteiger partial charge in [-0.15, -0.1) is 0 Å². The molecule has 0 saturated heterocycles. The first-order chi connectivity index (χ1) is 9.40. The van der Waals surface area contributed by atoms with Gasteiger partial charge in [-0.05, 0) is 40.5 Å². The first-order valence-corrected chi connectivity index (χ1v) is 6.64. The van der Waals surface area contributed by atoms with Crippen molar-refractivity contribution in [1.82, 2.24) is 4.98 Å². The Morgan fingerprint density at radius 2 is 2.10 bits per heavy atom. The monoisotopic (exact) mass is 360 g/mol. The number of benzene rings is 1. The van der Waals surface area contributed by atoms with Crippen LogP contribution < -0.4 is 5.32 Å². The zero-order valence-electron chi connectivity index (χ0n) is 10.2. The Morgan fingerprint density at radius 3 is 2.75 bits per heavy atom. The molecule has 2 aromatic rings. The van der Waals surface area contributed by atoms with E-state index in [1.165, 1.54) is 6.20 Å². The van der Waals surface area contributed by atoms with Crippen molar-refractivity contribution in [3.05, 3.63) is 56.8 Å². The summed E-state index contributed by atoms with van der Waals surface area (Å²) in [5.41, 5.74) is 0.650. The Hall–Kier alpha value is -1.53. The van der Waals surface area contributed by atoms with Crippen LogP contribution in [0.4, 0.5) is 14.5 Å². The maximum atomic E-state index is 13.5. The van der Waals surface area contributed by atoms with Gasteiger partial charge in [0, 0.05) is 16.7 Å². The Kier molecular flexibility index (Phi) is 4.35. The van der Waals surface area contributed by atoms with Gasteiger partial charge in [0.2, 0.25) is 0 Å². The summed E-state index contributed by atoms with van der Waals surface area (Å²) in [6.07, 6.45) is 1.49. The smallest absolute Gasteiger partial charge is 0.258 e. The van der Waals surface area contributed by atoms with Crippen LogP contribution in [0.3, 0.4) is 0 Å². The summed E-state index contributed by atoms with van der Waals surface area (Å²) in [5.74, 6) is -2.43. The number of halogens is 4. The molecule has 20 heavy (non-hydrogen) atoms. The molecule has 7 heteroatoms. The number of rotatable bonds is 2. The van der Waals surface area contributed by atoms with Gasteiger partial charge in [0.1, 0.15) is 11.6 Å². The maximum Gasteiger partial charge on any atom is 0.258 e. The van der Waals surface area contributed by atoms with Gasteiger partial charge in [0.05, 0.1) is 11.3 Å². The molecular formula is C13H8BrClF2N2O. The number of carbonyl (C=O) groups is 1. The molecule has 0 spiro atoms. The highest BCUT2D eigenvalue weighted by Crippen LogP contribution is 2.29. The summed E-state index contributed by atoms with van der Waals surface area (Å²) in [6, 6.07) is 2.71. The Bertz CT molecular complexity index is 694. The molecule has 1 amide bonds. The van der Waals surface area contributed by atoms with Gasteiger partial charge in [0.25, 0.3) is 5.91 Å². The van der Waals surface area contributed by atoms with E-state index in [2.05, 4.69) is 26.2 Å². The van der Waals surface area contributed by atoms with E-state index < -0.39 is 17.5 Å². The third-order valence-electron chi connectivity index (χ3n) is 2.65. The molecule has 0 radical (unpaired) electrons. The van der Waals surface area contributed by atoms with E-state index in [-0.39, 0.29) is 16.4 Å². The number of amides is 1. The number of nitrogens with zero attached hydrogens (tertiary/aromatic N) is 1. The molecule has 0 aliphatic carbocycles. The first-order valence-electron chi connectivity index (χ1n) is 5.47. The van der Waals surface area contributed by atoms with Crippen molar-refractivity contribution in [2.24, 2.45) is 0 Å². The molecule has 1 aromatic carbocycles. The van der Waals surface area contributed by atoms with E-state index in [1.54, 1.807) is 6.92 Å². The third-order valence-corrected chi connectivity index (χ3v) is 3.73. The lowest BCUT2D eigenvalue weighted by Gasteiger charge is -2.11. The number of hydrogen-bond acceptors (Lipinski definition) is 2. The highest BCUT2D eigenvalue weighted by Gasteiger charge is 2.16. The van der Waals surface area contributed by atoms with E-state index in [0.29, 0.717) is 16.1 Å². The summed E-state index contributed by atoms with van der Waals surface area (Å²) < 4.78 is 27.0. The fourth-order valence-electron chi connectivity index (χ4n) is 1.55. The molecule has 0 saturated carbocycles. The fraction of sp³-hybridized carbons (Fsp3) is 0.0769. The molecule has 1 heterocycles. The highest BCUT2D eigenvalue weighted by atomic mass is 79.9. The van der Waals surface area contributed by atoms with Crippen molar-refractivity contribution in [2.45, 2.75) is 6.92 Å². The highest BCUT2D eigenvalue weighted by molar-refractivity contribution is 9.10. The second kappa shape index (κ2) is 5.85. The number of carbonyl (C=O) groups excluding carboxylic acids is 1. The number of aromatic nitrogens is 1. The van der Waals surface area contributed by atoms with Crippen molar-refractivity contribution < 1.29 is 13.6 Å². The van der Waals surface area contributed by atoms with Crippen molar-refractivity contribution in [3.8, 4) is 0 Å². The van der Waals surface area contributed by atoms with Crippen LogP contribution in [-0.2, 0) is 0 Å². The van der Waals surface area contributed by atoms with Crippen LogP contribution >= 0.6 is 27.5 Å². The molecule has 1 N–H and O–H groups in total. The molecule has 3 nitrogen and oxygen atoms in total. The molecule has 0 atom stereocenters. The van der Waals surface area contributed by atoms with Gasteiger partial charge < -0.3 is 5.32 Å². The van der Waals surface area contributed by atoms with Crippen LogP contribution in [0.15, 0.2) is 28.9 Å². The molecule has 0 bridgehead atoms. The quantitative estimate of drug-likeness (QED) is 0.809. The molecule has 104 valence electrons. The summed E-state index contributed by atoms with van der Waals surface area (Å²) in [6.45, 7) is 1.72. The number of anilines is 1.